The van der Waals surface area contributed by atoms with Crippen molar-refractivity contribution in [1.29, 1.82) is 0 Å². The summed E-state index contributed by atoms with van der Waals surface area (Å²) in [4.78, 5) is 0. The van der Waals surface area contributed by atoms with Gasteiger partial charge in [0.2, 0.25) is 0 Å². The van der Waals surface area contributed by atoms with Crippen molar-refractivity contribution in [2.45, 2.75) is 18.3 Å². The molecule has 4 nitrogen and oxygen atoms in total. The van der Waals surface area contributed by atoms with Gasteiger partial charge in [-0.15, -0.1) is 0 Å². The van der Waals surface area contributed by atoms with E-state index in [0.29, 0.717) is 18.4 Å². The zero-order valence-electron chi connectivity index (χ0n) is 11.0. The second kappa shape index (κ2) is 6.45. The van der Waals surface area contributed by atoms with E-state index in [1.54, 1.807) is 12.1 Å². The third-order valence-electron chi connectivity index (χ3n) is 3.30. The van der Waals surface area contributed by atoms with Crippen LogP contribution in [0.3, 0.4) is 0 Å². The molecule has 0 aliphatic heterocycles. The summed E-state index contributed by atoms with van der Waals surface area (Å²) in [6.07, 6.45) is 1.95. The van der Waals surface area contributed by atoms with Crippen molar-refractivity contribution in [2.75, 3.05) is 25.2 Å². The first-order valence-corrected chi connectivity index (χ1v) is 8.14. The molecule has 0 bridgehead atoms. The van der Waals surface area contributed by atoms with Crippen molar-refractivity contribution in [1.82, 2.24) is 0 Å². The summed E-state index contributed by atoms with van der Waals surface area (Å²) in [6, 6.07) is 5.91. The van der Waals surface area contributed by atoms with Crippen molar-refractivity contribution in [3.05, 3.63) is 35.6 Å². The fourth-order valence-electron chi connectivity index (χ4n) is 2.09. The maximum Gasteiger partial charge on any atom is 0.147 e. The van der Waals surface area contributed by atoms with Crippen LogP contribution in [-0.4, -0.2) is 38.7 Å². The van der Waals surface area contributed by atoms with Gasteiger partial charge in [0.25, 0.3) is 0 Å². The van der Waals surface area contributed by atoms with Crippen LogP contribution >= 0.6 is 0 Å². The van der Waals surface area contributed by atoms with Crippen LogP contribution in [0.2, 0.25) is 0 Å². The third-order valence-corrected chi connectivity index (χ3v) is 4.33. The molecular formula is C13H20FNO3S. The number of benzene rings is 1. The number of sulfone groups is 1. The molecule has 0 saturated carbocycles. The number of nitrogens with two attached hydrogens (primary N) is 1. The van der Waals surface area contributed by atoms with Gasteiger partial charge in [-0.05, 0) is 30.5 Å². The lowest BCUT2D eigenvalue weighted by Crippen LogP contribution is -2.39. The van der Waals surface area contributed by atoms with Crippen LogP contribution in [0.1, 0.15) is 18.4 Å². The minimum absolute atomic E-state index is 0.0318. The Bertz CT molecular complexity index is 512. The van der Waals surface area contributed by atoms with Crippen LogP contribution in [-0.2, 0) is 15.3 Å². The molecule has 0 aliphatic carbocycles. The van der Waals surface area contributed by atoms with Gasteiger partial charge in [-0.3, -0.25) is 0 Å². The normalized spacial score (nSPS) is 15.2. The van der Waals surface area contributed by atoms with Crippen molar-refractivity contribution < 1.29 is 17.9 Å². The van der Waals surface area contributed by atoms with Crippen molar-refractivity contribution in [3.63, 3.8) is 0 Å². The van der Waals surface area contributed by atoms with Gasteiger partial charge in [-0.2, -0.15) is 0 Å². The molecule has 0 fully saturated rings. The Hall–Kier alpha value is -0.980. The lowest BCUT2D eigenvalue weighted by atomic mass is 9.77. The minimum Gasteiger partial charge on any atom is -0.395 e. The van der Waals surface area contributed by atoms with E-state index < -0.39 is 21.1 Å². The van der Waals surface area contributed by atoms with E-state index in [4.69, 9.17) is 5.73 Å². The topological polar surface area (TPSA) is 80.4 Å². The molecule has 0 radical (unpaired) electrons. The smallest absolute Gasteiger partial charge is 0.147 e. The van der Waals surface area contributed by atoms with E-state index in [2.05, 4.69) is 0 Å². The standard InChI is InChI=1S/C13H20FNO3S/c1-19(17,18)7-3-6-13(9-15,10-16)11-4-2-5-12(14)8-11/h2,4-5,8,16H,3,6-7,9-10,15H2,1H3. The number of halogens is 1. The average molecular weight is 289 g/mol. The molecule has 0 spiro atoms. The van der Waals surface area contributed by atoms with Gasteiger partial charge in [0.15, 0.2) is 0 Å². The van der Waals surface area contributed by atoms with Crippen LogP contribution in [0.4, 0.5) is 4.39 Å². The molecular weight excluding hydrogens is 269 g/mol. The molecule has 1 unspecified atom stereocenters. The fourth-order valence-corrected chi connectivity index (χ4v) is 2.76. The van der Waals surface area contributed by atoms with Crippen molar-refractivity contribution >= 4 is 9.84 Å². The SMILES string of the molecule is CS(=O)(=O)CCCC(CN)(CO)c1cccc(F)c1. The van der Waals surface area contributed by atoms with Crippen LogP contribution in [0.15, 0.2) is 24.3 Å². The summed E-state index contributed by atoms with van der Waals surface area (Å²) < 4.78 is 35.5. The molecule has 0 aromatic heterocycles. The maximum atomic E-state index is 13.3. The molecule has 0 heterocycles. The molecule has 6 heteroatoms. The lowest BCUT2D eigenvalue weighted by molar-refractivity contribution is 0.187. The maximum absolute atomic E-state index is 13.3. The molecule has 0 amide bonds. The lowest BCUT2D eigenvalue weighted by Gasteiger charge is -2.31. The largest absolute Gasteiger partial charge is 0.395 e. The monoisotopic (exact) mass is 289 g/mol. The number of hydrogen-bond acceptors (Lipinski definition) is 4. The van der Waals surface area contributed by atoms with E-state index in [1.807, 2.05) is 0 Å². The summed E-state index contributed by atoms with van der Waals surface area (Å²) in [5.74, 6) is -0.365. The van der Waals surface area contributed by atoms with Crippen LogP contribution in [0, 0.1) is 5.82 Å². The number of rotatable bonds is 7. The predicted octanol–water partition coefficient (Wildman–Crippen LogP) is 0.839. The number of aliphatic hydroxyl groups excluding tert-OH is 1. The third kappa shape index (κ3) is 4.56. The van der Waals surface area contributed by atoms with Gasteiger partial charge in [0.1, 0.15) is 15.7 Å². The van der Waals surface area contributed by atoms with Gasteiger partial charge >= 0.3 is 0 Å². The molecule has 19 heavy (non-hydrogen) atoms. The molecule has 108 valence electrons. The first-order chi connectivity index (χ1) is 8.83. The van der Waals surface area contributed by atoms with E-state index in [0.717, 1.165) is 6.26 Å². The Morgan fingerprint density at radius 1 is 1.42 bits per heavy atom. The van der Waals surface area contributed by atoms with Gasteiger partial charge < -0.3 is 10.8 Å². The first kappa shape index (κ1) is 16.1. The minimum atomic E-state index is -3.05. The van der Waals surface area contributed by atoms with Gasteiger partial charge in [0, 0.05) is 24.0 Å². The highest BCUT2D eigenvalue weighted by Gasteiger charge is 2.30. The first-order valence-electron chi connectivity index (χ1n) is 6.08. The zero-order chi connectivity index (χ0) is 14.5. The highest BCUT2D eigenvalue weighted by molar-refractivity contribution is 7.90. The highest BCUT2D eigenvalue weighted by Crippen LogP contribution is 2.28. The Labute approximate surface area is 113 Å². The molecule has 1 rings (SSSR count). The van der Waals surface area contributed by atoms with Crippen LogP contribution in [0.25, 0.3) is 0 Å². The highest BCUT2D eigenvalue weighted by atomic mass is 32.2. The fraction of sp³-hybridized carbons (Fsp3) is 0.538. The quantitative estimate of drug-likeness (QED) is 0.779. The summed E-state index contributed by atoms with van der Waals surface area (Å²) in [7, 11) is -3.05. The summed E-state index contributed by atoms with van der Waals surface area (Å²) in [5, 5.41) is 9.60. The molecule has 1 aromatic carbocycles. The van der Waals surface area contributed by atoms with E-state index in [9.17, 15) is 17.9 Å². The summed E-state index contributed by atoms with van der Waals surface area (Å²) >= 11 is 0. The Kier molecular flexibility index (Phi) is 5.46. The Balaban J connectivity index is 2.91. The Morgan fingerprint density at radius 3 is 2.58 bits per heavy atom. The second-order valence-corrected chi connectivity index (χ2v) is 7.15. The van der Waals surface area contributed by atoms with Crippen molar-refractivity contribution in [2.24, 2.45) is 5.73 Å². The average Bonchev–Trinajstić information content (AvgIpc) is 2.34. The van der Waals surface area contributed by atoms with Gasteiger partial charge in [0.05, 0.1) is 6.61 Å². The second-order valence-electron chi connectivity index (χ2n) is 4.89. The van der Waals surface area contributed by atoms with E-state index >= 15 is 0 Å². The molecule has 1 atom stereocenters. The van der Waals surface area contributed by atoms with Crippen molar-refractivity contribution in [3.8, 4) is 0 Å². The summed E-state index contributed by atoms with van der Waals surface area (Å²) in [5.41, 5.74) is 5.54. The Morgan fingerprint density at radius 2 is 2.11 bits per heavy atom. The predicted molar refractivity (Wildman–Crippen MR) is 73.2 cm³/mol. The van der Waals surface area contributed by atoms with Gasteiger partial charge in [-0.1, -0.05) is 12.1 Å². The van der Waals surface area contributed by atoms with E-state index in [-0.39, 0.29) is 18.9 Å². The van der Waals surface area contributed by atoms with E-state index in [1.165, 1.54) is 12.1 Å². The van der Waals surface area contributed by atoms with Crippen LogP contribution in [0.5, 0.6) is 0 Å². The number of aliphatic hydroxyl groups is 1. The molecule has 0 saturated heterocycles. The molecule has 1 aromatic rings. The molecule has 3 N–H and O–H groups in total. The zero-order valence-corrected chi connectivity index (χ0v) is 11.8. The van der Waals surface area contributed by atoms with Gasteiger partial charge in [-0.25, -0.2) is 12.8 Å². The summed E-state index contributed by atoms with van der Waals surface area (Å²) in [6.45, 7) is -0.104. The number of hydrogen-bond donors (Lipinski definition) is 2. The van der Waals surface area contributed by atoms with Crippen LogP contribution < -0.4 is 5.73 Å². The molecule has 0 aliphatic rings.